The number of carbonyl (C=O) groups is 1. The molecule has 1 atom stereocenters. The molecule has 0 aliphatic rings. The number of nitrogens with one attached hydrogen (secondary N) is 1. The molecule has 2 aromatic rings. The SMILES string of the molecule is COc1ccc(OCCNC(=O)[C@@H](C)N(c2cc(Cl)ccc2Cl)S(C)(=O)=O)cc1. The topological polar surface area (TPSA) is 84.9 Å². The quantitative estimate of drug-likeness (QED) is 0.579. The molecule has 2 aromatic carbocycles. The number of carbonyl (C=O) groups excluding carboxylic acids is 1. The number of methoxy groups -OCH3 is 1. The second-order valence-electron chi connectivity index (χ2n) is 6.15. The molecule has 2 rings (SSSR count). The van der Waals surface area contributed by atoms with Gasteiger partial charge in [-0.15, -0.1) is 0 Å². The number of hydrogen-bond donors (Lipinski definition) is 1. The van der Waals surface area contributed by atoms with Crippen LogP contribution in [0.2, 0.25) is 10.0 Å². The Bertz CT molecular complexity index is 952. The second kappa shape index (κ2) is 10.0. The lowest BCUT2D eigenvalue weighted by Crippen LogP contribution is -2.48. The molecule has 0 bridgehead atoms. The zero-order valence-electron chi connectivity index (χ0n) is 16.2. The van der Waals surface area contributed by atoms with E-state index in [-0.39, 0.29) is 23.9 Å². The van der Waals surface area contributed by atoms with Crippen molar-refractivity contribution in [3.8, 4) is 11.5 Å². The van der Waals surface area contributed by atoms with Crippen molar-refractivity contribution in [1.82, 2.24) is 5.32 Å². The van der Waals surface area contributed by atoms with Gasteiger partial charge in [-0.2, -0.15) is 0 Å². The number of anilines is 1. The van der Waals surface area contributed by atoms with Crippen LogP contribution in [-0.2, 0) is 14.8 Å². The molecule has 7 nitrogen and oxygen atoms in total. The van der Waals surface area contributed by atoms with E-state index in [1.54, 1.807) is 31.4 Å². The van der Waals surface area contributed by atoms with Gasteiger partial charge in [0.1, 0.15) is 24.1 Å². The first-order valence-electron chi connectivity index (χ1n) is 8.62. The fraction of sp³-hybridized carbons (Fsp3) is 0.316. The van der Waals surface area contributed by atoms with Gasteiger partial charge in [0.05, 0.1) is 30.6 Å². The maximum atomic E-state index is 12.5. The van der Waals surface area contributed by atoms with Gasteiger partial charge in [0.25, 0.3) is 0 Å². The first-order chi connectivity index (χ1) is 13.6. The van der Waals surface area contributed by atoms with Crippen LogP contribution in [0.25, 0.3) is 0 Å². The van der Waals surface area contributed by atoms with Crippen molar-refractivity contribution >= 4 is 44.8 Å². The van der Waals surface area contributed by atoms with Crippen LogP contribution >= 0.6 is 23.2 Å². The molecule has 0 saturated heterocycles. The van der Waals surface area contributed by atoms with Gasteiger partial charge in [0.2, 0.25) is 15.9 Å². The lowest BCUT2D eigenvalue weighted by atomic mass is 10.2. The fourth-order valence-electron chi connectivity index (χ4n) is 2.60. The molecule has 10 heteroatoms. The molecule has 158 valence electrons. The molecule has 1 N–H and O–H groups in total. The van der Waals surface area contributed by atoms with Gasteiger partial charge in [0, 0.05) is 5.02 Å². The van der Waals surface area contributed by atoms with E-state index in [1.165, 1.54) is 25.1 Å². The molecule has 0 fully saturated rings. The van der Waals surface area contributed by atoms with Crippen LogP contribution in [0.3, 0.4) is 0 Å². The van der Waals surface area contributed by atoms with E-state index in [4.69, 9.17) is 32.7 Å². The third kappa shape index (κ3) is 6.42. The number of hydrogen-bond acceptors (Lipinski definition) is 5. The summed E-state index contributed by atoms with van der Waals surface area (Å²) in [6, 6.07) is 10.4. The van der Waals surface area contributed by atoms with Crippen molar-refractivity contribution in [2.75, 3.05) is 30.8 Å². The summed E-state index contributed by atoms with van der Waals surface area (Å²) in [5, 5.41) is 3.13. The summed E-state index contributed by atoms with van der Waals surface area (Å²) < 4.78 is 36.2. The fourth-order valence-corrected chi connectivity index (χ4v) is 4.20. The Morgan fingerprint density at radius 1 is 1.14 bits per heavy atom. The average molecular weight is 461 g/mol. The Balaban J connectivity index is 2.01. The largest absolute Gasteiger partial charge is 0.497 e. The van der Waals surface area contributed by atoms with Gasteiger partial charge in [-0.1, -0.05) is 23.2 Å². The van der Waals surface area contributed by atoms with Crippen molar-refractivity contribution in [3.05, 3.63) is 52.5 Å². The zero-order chi connectivity index (χ0) is 21.6. The van der Waals surface area contributed by atoms with E-state index in [0.717, 1.165) is 10.6 Å². The Labute approximate surface area is 180 Å². The highest BCUT2D eigenvalue weighted by atomic mass is 35.5. The smallest absolute Gasteiger partial charge is 0.243 e. The number of rotatable bonds is 9. The Morgan fingerprint density at radius 2 is 1.76 bits per heavy atom. The van der Waals surface area contributed by atoms with Crippen molar-refractivity contribution in [2.45, 2.75) is 13.0 Å². The predicted octanol–water partition coefficient (Wildman–Crippen LogP) is 3.35. The minimum atomic E-state index is -3.80. The van der Waals surface area contributed by atoms with Crippen molar-refractivity contribution in [2.24, 2.45) is 0 Å². The number of benzene rings is 2. The molecule has 0 unspecified atom stereocenters. The molecular formula is C19H22Cl2N2O5S. The summed E-state index contributed by atoms with van der Waals surface area (Å²) in [6.07, 6.45) is 1.00. The molecule has 0 radical (unpaired) electrons. The lowest BCUT2D eigenvalue weighted by Gasteiger charge is -2.29. The summed E-state index contributed by atoms with van der Waals surface area (Å²) in [6.45, 7) is 1.87. The lowest BCUT2D eigenvalue weighted by molar-refractivity contribution is -0.121. The monoisotopic (exact) mass is 460 g/mol. The van der Waals surface area contributed by atoms with E-state index >= 15 is 0 Å². The number of nitrogens with zero attached hydrogens (tertiary/aromatic N) is 1. The van der Waals surface area contributed by atoms with Gasteiger partial charge < -0.3 is 14.8 Å². The van der Waals surface area contributed by atoms with Crippen LogP contribution in [0.15, 0.2) is 42.5 Å². The zero-order valence-corrected chi connectivity index (χ0v) is 18.5. The van der Waals surface area contributed by atoms with Gasteiger partial charge in [-0.3, -0.25) is 9.10 Å². The van der Waals surface area contributed by atoms with E-state index in [0.29, 0.717) is 16.5 Å². The van der Waals surface area contributed by atoms with E-state index in [9.17, 15) is 13.2 Å². The van der Waals surface area contributed by atoms with Gasteiger partial charge in [-0.05, 0) is 49.4 Å². The highest BCUT2D eigenvalue weighted by Gasteiger charge is 2.30. The van der Waals surface area contributed by atoms with Crippen molar-refractivity contribution < 1.29 is 22.7 Å². The van der Waals surface area contributed by atoms with Gasteiger partial charge in [0.15, 0.2) is 0 Å². The van der Waals surface area contributed by atoms with E-state index < -0.39 is 22.0 Å². The van der Waals surface area contributed by atoms with Crippen LogP contribution in [0, 0.1) is 0 Å². The summed E-state index contributed by atoms with van der Waals surface area (Å²) in [4.78, 5) is 12.5. The van der Waals surface area contributed by atoms with E-state index in [1.807, 2.05) is 0 Å². The van der Waals surface area contributed by atoms with Gasteiger partial charge in [-0.25, -0.2) is 8.42 Å². The molecular weight excluding hydrogens is 439 g/mol. The third-order valence-corrected chi connectivity index (χ3v) is 5.75. The maximum absolute atomic E-state index is 12.5. The molecule has 1 amide bonds. The molecule has 0 aliphatic heterocycles. The molecule has 0 heterocycles. The summed E-state index contributed by atoms with van der Waals surface area (Å²) in [5.74, 6) is 0.835. The minimum absolute atomic E-state index is 0.138. The number of ether oxygens (including phenoxy) is 2. The van der Waals surface area contributed by atoms with Crippen LogP contribution in [0.1, 0.15) is 6.92 Å². The first kappa shape index (κ1) is 23.1. The average Bonchev–Trinajstić information content (AvgIpc) is 2.67. The summed E-state index contributed by atoms with van der Waals surface area (Å²) >= 11 is 12.1. The molecule has 0 aromatic heterocycles. The molecule has 29 heavy (non-hydrogen) atoms. The van der Waals surface area contributed by atoms with Gasteiger partial charge >= 0.3 is 0 Å². The number of amides is 1. The first-order valence-corrected chi connectivity index (χ1v) is 11.2. The number of halogens is 2. The van der Waals surface area contributed by atoms with Crippen LogP contribution < -0.4 is 19.1 Å². The minimum Gasteiger partial charge on any atom is -0.497 e. The van der Waals surface area contributed by atoms with Crippen LogP contribution in [-0.4, -0.2) is 46.9 Å². The molecule has 0 spiro atoms. The van der Waals surface area contributed by atoms with Crippen LogP contribution in [0.5, 0.6) is 11.5 Å². The van der Waals surface area contributed by atoms with E-state index in [2.05, 4.69) is 5.32 Å². The Kier molecular flexibility index (Phi) is 8.01. The predicted molar refractivity (Wildman–Crippen MR) is 115 cm³/mol. The Morgan fingerprint density at radius 3 is 2.34 bits per heavy atom. The standard InChI is InChI=1S/C19H22Cl2N2O5S/c1-13(23(29(3,25)26)18-12-14(20)4-9-17(18)21)19(24)22-10-11-28-16-7-5-15(27-2)6-8-16/h4-9,12-13H,10-11H2,1-3H3,(H,22,24)/t13-/m1/s1. The molecule has 0 saturated carbocycles. The van der Waals surface area contributed by atoms with Crippen LogP contribution in [0.4, 0.5) is 5.69 Å². The second-order valence-corrected chi connectivity index (χ2v) is 8.85. The van der Waals surface area contributed by atoms with Crippen molar-refractivity contribution in [1.29, 1.82) is 0 Å². The normalized spacial score (nSPS) is 12.2. The summed E-state index contributed by atoms with van der Waals surface area (Å²) in [7, 11) is -2.22. The highest BCUT2D eigenvalue weighted by molar-refractivity contribution is 7.92. The van der Waals surface area contributed by atoms with Crippen molar-refractivity contribution in [3.63, 3.8) is 0 Å². The summed E-state index contributed by atoms with van der Waals surface area (Å²) in [5.41, 5.74) is 0.138. The third-order valence-electron chi connectivity index (χ3n) is 3.96. The number of sulfonamides is 1. The maximum Gasteiger partial charge on any atom is 0.243 e. The highest BCUT2D eigenvalue weighted by Crippen LogP contribution is 2.32. The Hall–Kier alpha value is -2.16. The molecule has 0 aliphatic carbocycles.